The fourth-order valence-electron chi connectivity index (χ4n) is 3.38. The van der Waals surface area contributed by atoms with Crippen LogP contribution in [-0.4, -0.2) is 58.4 Å². The van der Waals surface area contributed by atoms with E-state index in [4.69, 9.17) is 0 Å². The van der Waals surface area contributed by atoms with Crippen LogP contribution in [0.5, 0.6) is 0 Å². The van der Waals surface area contributed by atoms with E-state index in [0.29, 0.717) is 32.6 Å². The Kier molecular flexibility index (Phi) is 4.94. The van der Waals surface area contributed by atoms with E-state index in [0.717, 1.165) is 22.2 Å². The van der Waals surface area contributed by atoms with E-state index in [-0.39, 0.29) is 17.5 Å². The molecule has 140 valence electrons. The maximum absolute atomic E-state index is 12.8. The molecular weight excluding hydrogens is 328 g/mol. The van der Waals surface area contributed by atoms with Gasteiger partial charge in [0.05, 0.1) is 6.42 Å². The van der Waals surface area contributed by atoms with E-state index < -0.39 is 0 Å². The van der Waals surface area contributed by atoms with Crippen LogP contribution >= 0.6 is 0 Å². The summed E-state index contributed by atoms with van der Waals surface area (Å²) in [5.41, 5.74) is 2.93. The highest BCUT2D eigenvalue weighted by molar-refractivity contribution is 5.90. The maximum Gasteiger partial charge on any atom is 0.317 e. The second-order valence-corrected chi connectivity index (χ2v) is 8.00. The smallest absolute Gasteiger partial charge is 0.317 e. The van der Waals surface area contributed by atoms with Gasteiger partial charge in [-0.25, -0.2) is 4.79 Å². The summed E-state index contributed by atoms with van der Waals surface area (Å²) in [5, 5.41) is 4.09. The molecule has 0 aliphatic carbocycles. The molecule has 2 N–H and O–H groups in total. The zero-order valence-corrected chi connectivity index (χ0v) is 16.1. The largest absolute Gasteiger partial charge is 0.358 e. The molecule has 3 amide bonds. The van der Waals surface area contributed by atoms with Crippen molar-refractivity contribution in [1.29, 1.82) is 0 Å². The number of carbonyl (C=O) groups excluding carboxylic acids is 2. The third-order valence-corrected chi connectivity index (χ3v) is 4.76. The predicted molar refractivity (Wildman–Crippen MR) is 103 cm³/mol. The SMILES string of the molecule is Cc1[nH]c2ccccc2c1CC(=O)N1CCN(C(=O)NC(C)(C)C)CC1. The van der Waals surface area contributed by atoms with Crippen LogP contribution in [0.2, 0.25) is 0 Å². The molecule has 1 aromatic carbocycles. The number of piperazine rings is 1. The molecule has 26 heavy (non-hydrogen) atoms. The van der Waals surface area contributed by atoms with Crippen molar-refractivity contribution in [2.75, 3.05) is 26.2 Å². The average molecular weight is 356 g/mol. The topological polar surface area (TPSA) is 68.4 Å². The fourth-order valence-corrected chi connectivity index (χ4v) is 3.38. The molecule has 0 unspecified atom stereocenters. The molecule has 1 aliphatic rings. The predicted octanol–water partition coefficient (Wildman–Crippen LogP) is 2.67. The molecule has 1 aromatic heterocycles. The summed E-state index contributed by atoms with van der Waals surface area (Å²) < 4.78 is 0. The minimum atomic E-state index is -0.253. The molecule has 2 aromatic rings. The van der Waals surface area contributed by atoms with Gasteiger partial charge in [0.15, 0.2) is 0 Å². The number of para-hydroxylation sites is 1. The van der Waals surface area contributed by atoms with E-state index in [2.05, 4.69) is 16.4 Å². The van der Waals surface area contributed by atoms with E-state index in [1.54, 1.807) is 4.90 Å². The summed E-state index contributed by atoms with van der Waals surface area (Å²) in [6.07, 6.45) is 0.393. The molecule has 6 heteroatoms. The molecule has 1 aliphatic heterocycles. The Bertz CT molecular complexity index is 811. The first-order valence-electron chi connectivity index (χ1n) is 9.15. The Morgan fingerprint density at radius 2 is 1.69 bits per heavy atom. The average Bonchev–Trinajstić information content (AvgIpc) is 2.89. The van der Waals surface area contributed by atoms with Gasteiger partial charge in [-0.3, -0.25) is 4.79 Å². The Morgan fingerprint density at radius 3 is 2.35 bits per heavy atom. The lowest BCUT2D eigenvalue weighted by Crippen LogP contribution is -2.56. The highest BCUT2D eigenvalue weighted by atomic mass is 16.2. The van der Waals surface area contributed by atoms with Crippen LogP contribution in [0, 0.1) is 6.92 Å². The van der Waals surface area contributed by atoms with Crippen LogP contribution in [0.1, 0.15) is 32.0 Å². The monoisotopic (exact) mass is 356 g/mol. The van der Waals surface area contributed by atoms with Gasteiger partial charge in [0, 0.05) is 48.3 Å². The number of amides is 3. The maximum atomic E-state index is 12.8. The number of hydrogen-bond acceptors (Lipinski definition) is 2. The normalized spacial score (nSPS) is 15.4. The van der Waals surface area contributed by atoms with Crippen LogP contribution < -0.4 is 5.32 Å². The number of hydrogen-bond donors (Lipinski definition) is 2. The fraction of sp³-hybridized carbons (Fsp3) is 0.500. The zero-order valence-electron chi connectivity index (χ0n) is 16.1. The van der Waals surface area contributed by atoms with E-state index in [9.17, 15) is 9.59 Å². The molecule has 0 spiro atoms. The second-order valence-electron chi connectivity index (χ2n) is 8.00. The van der Waals surface area contributed by atoms with Gasteiger partial charge in [-0.05, 0) is 39.3 Å². The molecule has 0 saturated carbocycles. The van der Waals surface area contributed by atoms with Gasteiger partial charge in [0.1, 0.15) is 0 Å². The Labute approximate surface area is 154 Å². The number of aromatic nitrogens is 1. The van der Waals surface area contributed by atoms with Gasteiger partial charge in [-0.2, -0.15) is 0 Å². The number of urea groups is 1. The molecule has 0 atom stereocenters. The van der Waals surface area contributed by atoms with Crippen molar-refractivity contribution in [2.45, 2.75) is 39.7 Å². The van der Waals surface area contributed by atoms with Crippen LogP contribution in [-0.2, 0) is 11.2 Å². The summed E-state index contributed by atoms with van der Waals surface area (Å²) in [4.78, 5) is 32.0. The summed E-state index contributed by atoms with van der Waals surface area (Å²) >= 11 is 0. The lowest BCUT2D eigenvalue weighted by atomic mass is 10.1. The first-order chi connectivity index (χ1) is 12.2. The van der Waals surface area contributed by atoms with E-state index in [1.807, 2.05) is 50.8 Å². The van der Waals surface area contributed by atoms with Crippen molar-refractivity contribution < 1.29 is 9.59 Å². The first-order valence-corrected chi connectivity index (χ1v) is 9.15. The standard InChI is InChI=1S/C20H28N4O2/c1-14-16(15-7-5-6-8-17(15)21-14)13-18(25)23-9-11-24(12-10-23)19(26)22-20(2,3)4/h5-8,21H,9-13H2,1-4H3,(H,22,26). The number of carbonyl (C=O) groups is 2. The van der Waals surface area contributed by atoms with Gasteiger partial charge in [0.25, 0.3) is 0 Å². The van der Waals surface area contributed by atoms with Crippen molar-refractivity contribution in [3.63, 3.8) is 0 Å². The molecule has 3 rings (SSSR count). The van der Waals surface area contributed by atoms with Crippen molar-refractivity contribution in [3.8, 4) is 0 Å². The highest BCUT2D eigenvalue weighted by Gasteiger charge is 2.26. The minimum absolute atomic E-state index is 0.0583. The molecule has 6 nitrogen and oxygen atoms in total. The van der Waals surface area contributed by atoms with Gasteiger partial charge in [-0.15, -0.1) is 0 Å². The number of fused-ring (bicyclic) bond motifs is 1. The van der Waals surface area contributed by atoms with Crippen LogP contribution in [0.25, 0.3) is 10.9 Å². The number of benzene rings is 1. The molecule has 0 radical (unpaired) electrons. The number of nitrogens with one attached hydrogen (secondary N) is 2. The van der Waals surface area contributed by atoms with Gasteiger partial charge >= 0.3 is 6.03 Å². The van der Waals surface area contributed by atoms with Gasteiger partial charge in [-0.1, -0.05) is 18.2 Å². The van der Waals surface area contributed by atoms with Crippen molar-refractivity contribution in [3.05, 3.63) is 35.5 Å². The number of nitrogens with zero attached hydrogens (tertiary/aromatic N) is 2. The van der Waals surface area contributed by atoms with Crippen LogP contribution in [0.3, 0.4) is 0 Å². The Hall–Kier alpha value is -2.50. The highest BCUT2D eigenvalue weighted by Crippen LogP contribution is 2.23. The molecular formula is C20H28N4O2. The lowest BCUT2D eigenvalue weighted by molar-refractivity contribution is -0.131. The third-order valence-electron chi connectivity index (χ3n) is 4.76. The number of rotatable bonds is 2. The summed E-state index contributed by atoms with van der Waals surface area (Å²) in [6.45, 7) is 10.2. The van der Waals surface area contributed by atoms with Gasteiger partial charge < -0.3 is 20.1 Å². The molecule has 2 heterocycles. The molecule has 1 saturated heterocycles. The summed E-state index contributed by atoms with van der Waals surface area (Å²) in [7, 11) is 0. The Morgan fingerprint density at radius 1 is 1.08 bits per heavy atom. The summed E-state index contributed by atoms with van der Waals surface area (Å²) in [6, 6.07) is 8.01. The second kappa shape index (κ2) is 7.02. The lowest BCUT2D eigenvalue weighted by Gasteiger charge is -2.36. The van der Waals surface area contributed by atoms with Crippen LogP contribution in [0.15, 0.2) is 24.3 Å². The van der Waals surface area contributed by atoms with E-state index in [1.165, 1.54) is 0 Å². The van der Waals surface area contributed by atoms with E-state index >= 15 is 0 Å². The van der Waals surface area contributed by atoms with Crippen molar-refractivity contribution in [2.24, 2.45) is 0 Å². The van der Waals surface area contributed by atoms with Crippen molar-refractivity contribution in [1.82, 2.24) is 20.1 Å². The number of aromatic amines is 1. The molecule has 0 bridgehead atoms. The number of aryl methyl sites for hydroxylation is 1. The Balaban J connectivity index is 1.60. The van der Waals surface area contributed by atoms with Gasteiger partial charge in [0.2, 0.25) is 5.91 Å². The molecule has 1 fully saturated rings. The quantitative estimate of drug-likeness (QED) is 0.869. The number of H-pyrrole nitrogens is 1. The summed E-state index contributed by atoms with van der Waals surface area (Å²) in [5.74, 6) is 0.119. The van der Waals surface area contributed by atoms with Crippen molar-refractivity contribution >= 4 is 22.8 Å². The van der Waals surface area contributed by atoms with Crippen LogP contribution in [0.4, 0.5) is 4.79 Å². The zero-order chi connectivity index (χ0) is 18.9. The minimum Gasteiger partial charge on any atom is -0.358 e. The first kappa shape index (κ1) is 18.3. The third kappa shape index (κ3) is 4.00.